The molecule has 0 aliphatic carbocycles. The summed E-state index contributed by atoms with van der Waals surface area (Å²) in [5, 5.41) is 13.5. The Morgan fingerprint density at radius 1 is 1.61 bits per heavy atom. The van der Waals surface area contributed by atoms with Crippen molar-refractivity contribution in [3.05, 3.63) is 38.9 Å². The van der Waals surface area contributed by atoms with Crippen molar-refractivity contribution < 1.29 is 14.5 Å². The number of rotatable bonds is 5. The van der Waals surface area contributed by atoms with Gasteiger partial charge in [-0.05, 0) is 26.0 Å². The number of amides is 1. The summed E-state index contributed by atoms with van der Waals surface area (Å²) < 4.78 is 5.40. The van der Waals surface area contributed by atoms with Crippen LogP contribution in [0.4, 0.5) is 5.69 Å². The third-order valence-electron chi connectivity index (χ3n) is 3.95. The average molecular weight is 342 g/mol. The minimum Gasteiger partial charge on any atom is -0.379 e. The zero-order chi connectivity index (χ0) is 17.0. The summed E-state index contributed by atoms with van der Waals surface area (Å²) in [7, 11) is 0. The summed E-state index contributed by atoms with van der Waals surface area (Å²) in [5.41, 5.74) is 0.0987. The predicted molar refractivity (Wildman–Crippen MR) is 86.9 cm³/mol. The van der Waals surface area contributed by atoms with Gasteiger partial charge in [0.15, 0.2) is 0 Å². The molecule has 1 aliphatic rings. The summed E-state index contributed by atoms with van der Waals surface area (Å²) in [4.78, 5) is 24.6. The van der Waals surface area contributed by atoms with Crippen LogP contribution < -0.4 is 5.32 Å². The Balaban J connectivity index is 1.94. The van der Waals surface area contributed by atoms with E-state index >= 15 is 0 Å². The number of carbonyl (C=O) groups is 1. The first-order valence-corrected chi connectivity index (χ1v) is 7.83. The molecule has 1 saturated heterocycles. The molecule has 8 heteroatoms. The van der Waals surface area contributed by atoms with Crippen molar-refractivity contribution >= 4 is 23.2 Å². The number of ether oxygens (including phenoxy) is 1. The van der Waals surface area contributed by atoms with Crippen LogP contribution in [0.3, 0.4) is 0 Å². The van der Waals surface area contributed by atoms with Gasteiger partial charge in [-0.25, -0.2) is 0 Å². The molecule has 126 valence electrons. The highest BCUT2D eigenvalue weighted by atomic mass is 35.5. The van der Waals surface area contributed by atoms with Gasteiger partial charge in [0.2, 0.25) is 0 Å². The fourth-order valence-corrected chi connectivity index (χ4v) is 2.90. The summed E-state index contributed by atoms with van der Waals surface area (Å²) in [6, 6.07) is 4.44. The lowest BCUT2D eigenvalue weighted by molar-refractivity contribution is -0.384. The molecule has 0 aromatic heterocycles. The maximum Gasteiger partial charge on any atom is 0.287 e. The number of nitrogens with one attached hydrogen (secondary N) is 1. The zero-order valence-corrected chi connectivity index (χ0v) is 13.9. The standard InChI is InChI=1S/C15H20ClN3O4/c1-10(18-5-6-23-9-11(18)2)8-17-15(20)12-3-4-14(19(21)22)13(16)7-12/h3-4,7,10-11H,5-6,8-9H2,1-2H3,(H,17,20)/t10-,11-/m1/s1. The monoisotopic (exact) mass is 341 g/mol. The molecule has 1 amide bonds. The smallest absolute Gasteiger partial charge is 0.287 e. The van der Waals surface area contributed by atoms with Crippen LogP contribution in [0.15, 0.2) is 18.2 Å². The van der Waals surface area contributed by atoms with Crippen molar-refractivity contribution in [1.82, 2.24) is 10.2 Å². The Morgan fingerprint density at radius 3 is 2.96 bits per heavy atom. The van der Waals surface area contributed by atoms with E-state index in [0.29, 0.717) is 31.4 Å². The van der Waals surface area contributed by atoms with Crippen LogP contribution in [0, 0.1) is 10.1 Å². The van der Waals surface area contributed by atoms with Crippen molar-refractivity contribution in [3.8, 4) is 0 Å². The number of nitro groups is 1. The summed E-state index contributed by atoms with van der Waals surface area (Å²) in [5.74, 6) is -0.297. The third-order valence-corrected chi connectivity index (χ3v) is 4.25. The molecule has 0 unspecified atom stereocenters. The highest BCUT2D eigenvalue weighted by Crippen LogP contribution is 2.24. The fourth-order valence-electron chi connectivity index (χ4n) is 2.65. The van der Waals surface area contributed by atoms with Crippen LogP contribution >= 0.6 is 11.6 Å². The van der Waals surface area contributed by atoms with Crippen LogP contribution in [0.25, 0.3) is 0 Å². The lowest BCUT2D eigenvalue weighted by Gasteiger charge is -2.37. The van der Waals surface area contributed by atoms with Crippen LogP contribution in [0.1, 0.15) is 24.2 Å². The highest BCUT2D eigenvalue weighted by molar-refractivity contribution is 6.33. The lowest BCUT2D eigenvalue weighted by atomic mass is 10.1. The van der Waals surface area contributed by atoms with E-state index in [9.17, 15) is 14.9 Å². The number of morpholine rings is 1. The van der Waals surface area contributed by atoms with E-state index in [1.165, 1.54) is 18.2 Å². The molecule has 0 radical (unpaired) electrons. The molecular weight excluding hydrogens is 322 g/mol. The molecule has 1 aromatic rings. The maximum absolute atomic E-state index is 12.2. The molecule has 0 bridgehead atoms. The van der Waals surface area contributed by atoms with E-state index in [4.69, 9.17) is 16.3 Å². The van der Waals surface area contributed by atoms with E-state index < -0.39 is 4.92 Å². The molecule has 1 heterocycles. The summed E-state index contributed by atoms with van der Waals surface area (Å²) >= 11 is 5.83. The SMILES string of the molecule is C[C@H](CNC(=O)c1ccc([N+](=O)[O-])c(Cl)c1)N1CCOC[C@H]1C. The van der Waals surface area contributed by atoms with Crippen LogP contribution in [-0.4, -0.2) is 54.1 Å². The van der Waals surface area contributed by atoms with Gasteiger partial charge < -0.3 is 10.1 Å². The molecule has 0 saturated carbocycles. The predicted octanol–water partition coefficient (Wildman–Crippen LogP) is 2.09. The number of nitro benzene ring substituents is 1. The molecule has 1 N–H and O–H groups in total. The van der Waals surface area contributed by atoms with Gasteiger partial charge in [0, 0.05) is 36.8 Å². The van der Waals surface area contributed by atoms with Gasteiger partial charge in [-0.15, -0.1) is 0 Å². The molecule has 1 aromatic carbocycles. The van der Waals surface area contributed by atoms with E-state index in [1.807, 2.05) is 6.92 Å². The van der Waals surface area contributed by atoms with Crippen molar-refractivity contribution in [1.29, 1.82) is 0 Å². The van der Waals surface area contributed by atoms with Gasteiger partial charge in [-0.1, -0.05) is 11.6 Å². The molecule has 2 atom stereocenters. The first-order valence-electron chi connectivity index (χ1n) is 7.45. The molecule has 7 nitrogen and oxygen atoms in total. The van der Waals surface area contributed by atoms with E-state index in [-0.39, 0.29) is 22.7 Å². The quantitative estimate of drug-likeness (QED) is 0.654. The molecule has 1 fully saturated rings. The average Bonchev–Trinajstić information content (AvgIpc) is 2.52. The molecule has 23 heavy (non-hydrogen) atoms. The second kappa shape index (κ2) is 7.72. The van der Waals surface area contributed by atoms with Crippen LogP contribution in [0.2, 0.25) is 5.02 Å². The molecule has 0 spiro atoms. The second-order valence-corrected chi connectivity index (χ2v) is 6.05. The number of carbonyl (C=O) groups excluding carboxylic acids is 1. The van der Waals surface area contributed by atoms with Crippen molar-refractivity contribution in [2.24, 2.45) is 0 Å². The number of halogens is 1. The van der Waals surface area contributed by atoms with Gasteiger partial charge in [0.05, 0.1) is 18.1 Å². The minimum absolute atomic E-state index is 0.0440. The zero-order valence-electron chi connectivity index (χ0n) is 13.1. The van der Waals surface area contributed by atoms with Crippen molar-refractivity contribution in [2.75, 3.05) is 26.3 Å². The normalized spacial score (nSPS) is 20.0. The van der Waals surface area contributed by atoms with Crippen LogP contribution in [-0.2, 0) is 4.74 Å². The number of hydrogen-bond donors (Lipinski definition) is 1. The Hall–Kier alpha value is -1.70. The first-order chi connectivity index (χ1) is 10.9. The molecular formula is C15H20ClN3O4. The van der Waals surface area contributed by atoms with E-state index in [0.717, 1.165) is 6.54 Å². The van der Waals surface area contributed by atoms with E-state index in [2.05, 4.69) is 17.1 Å². The largest absolute Gasteiger partial charge is 0.379 e. The Kier molecular flexibility index (Phi) is 5.92. The third kappa shape index (κ3) is 4.40. The number of nitrogens with zero attached hydrogens (tertiary/aromatic N) is 2. The van der Waals surface area contributed by atoms with Gasteiger partial charge in [0.25, 0.3) is 11.6 Å². The van der Waals surface area contributed by atoms with Gasteiger partial charge in [0.1, 0.15) is 5.02 Å². The van der Waals surface area contributed by atoms with Crippen molar-refractivity contribution in [2.45, 2.75) is 25.9 Å². The van der Waals surface area contributed by atoms with Crippen LogP contribution in [0.5, 0.6) is 0 Å². The van der Waals surface area contributed by atoms with Gasteiger partial charge >= 0.3 is 0 Å². The van der Waals surface area contributed by atoms with E-state index in [1.54, 1.807) is 0 Å². The lowest BCUT2D eigenvalue weighted by Crippen LogP contribution is -2.51. The van der Waals surface area contributed by atoms with Crippen molar-refractivity contribution in [3.63, 3.8) is 0 Å². The highest BCUT2D eigenvalue weighted by Gasteiger charge is 2.24. The Morgan fingerprint density at radius 2 is 2.35 bits per heavy atom. The van der Waals surface area contributed by atoms with Gasteiger partial charge in [-0.3, -0.25) is 19.8 Å². The number of hydrogen-bond acceptors (Lipinski definition) is 5. The summed E-state index contributed by atoms with van der Waals surface area (Å²) in [6.07, 6.45) is 0. The maximum atomic E-state index is 12.2. The number of benzene rings is 1. The summed E-state index contributed by atoms with van der Waals surface area (Å²) in [6.45, 7) is 6.84. The second-order valence-electron chi connectivity index (χ2n) is 5.64. The topological polar surface area (TPSA) is 84.7 Å². The van der Waals surface area contributed by atoms with Gasteiger partial charge in [-0.2, -0.15) is 0 Å². The Labute approximate surface area is 139 Å². The first kappa shape index (κ1) is 17.7. The molecule has 1 aliphatic heterocycles. The fraction of sp³-hybridized carbons (Fsp3) is 0.533. The molecule has 2 rings (SSSR count). The minimum atomic E-state index is -0.577. The Bertz CT molecular complexity index is 596.